The van der Waals surface area contributed by atoms with Crippen molar-refractivity contribution in [3.63, 3.8) is 0 Å². The lowest BCUT2D eigenvalue weighted by atomic mass is 9.97. The summed E-state index contributed by atoms with van der Waals surface area (Å²) < 4.78 is 40.3. The molecule has 1 aliphatic carbocycles. The molecule has 1 N–H and O–H groups in total. The number of hydrogen-bond donors (Lipinski definition) is 1. The maximum atomic E-state index is 13.3. The maximum Gasteiger partial charge on any atom is 0.417 e. The number of aliphatic hydroxyl groups excluding tert-OH is 1. The zero-order chi connectivity index (χ0) is 17.2. The minimum atomic E-state index is -4.35. The van der Waals surface area contributed by atoms with Crippen molar-refractivity contribution in [3.8, 4) is 0 Å². The highest BCUT2D eigenvalue weighted by Gasteiger charge is 2.42. The van der Waals surface area contributed by atoms with Crippen LogP contribution in [0.5, 0.6) is 0 Å². The van der Waals surface area contributed by atoms with Gasteiger partial charge in [-0.1, -0.05) is 31.7 Å². The molecule has 0 aromatic heterocycles. The van der Waals surface area contributed by atoms with Crippen molar-refractivity contribution in [2.24, 2.45) is 5.92 Å². The van der Waals surface area contributed by atoms with Crippen molar-refractivity contribution < 1.29 is 18.3 Å². The van der Waals surface area contributed by atoms with E-state index in [0.717, 1.165) is 25.5 Å². The Balaban J connectivity index is 1.95. The molecule has 0 amide bonds. The van der Waals surface area contributed by atoms with Crippen molar-refractivity contribution in [1.82, 2.24) is 4.48 Å². The number of benzene rings is 1. The number of fused-ring (bicyclic) bond motifs is 1. The van der Waals surface area contributed by atoms with E-state index in [1.165, 1.54) is 31.7 Å². The fourth-order valence-electron chi connectivity index (χ4n) is 4.29. The van der Waals surface area contributed by atoms with Crippen molar-refractivity contribution in [3.05, 3.63) is 35.5 Å². The van der Waals surface area contributed by atoms with Gasteiger partial charge in [-0.15, -0.1) is 0 Å². The summed E-state index contributed by atoms with van der Waals surface area (Å²) in [4.78, 5) is 0. The highest BCUT2D eigenvalue weighted by molar-refractivity contribution is 5.76. The molecule has 1 fully saturated rings. The summed E-state index contributed by atoms with van der Waals surface area (Å²) in [5, 5.41) is 9.56. The number of alkyl halides is 3. The predicted molar refractivity (Wildman–Crippen MR) is 90.3 cm³/mol. The lowest BCUT2D eigenvalue weighted by molar-refractivity contribution is -0.137. The molecule has 24 heavy (non-hydrogen) atoms. The normalized spacial score (nSPS) is 24.8. The van der Waals surface area contributed by atoms with E-state index in [2.05, 4.69) is 0 Å². The molecular formula is C19H25F3NO+. The van der Waals surface area contributed by atoms with Crippen LogP contribution < -0.4 is 4.48 Å². The Kier molecular flexibility index (Phi) is 5.02. The predicted octanol–water partition coefficient (Wildman–Crippen LogP) is 4.96. The third-order valence-electron chi connectivity index (χ3n) is 5.45. The topological polar surface area (TPSA) is 20.2 Å². The van der Waals surface area contributed by atoms with Crippen molar-refractivity contribution in [2.75, 3.05) is 19.7 Å². The summed E-state index contributed by atoms with van der Waals surface area (Å²) in [5.74, 6) is 0.504. The third-order valence-corrected chi connectivity index (χ3v) is 5.45. The second kappa shape index (κ2) is 6.89. The number of nitrogens with zero attached hydrogens (tertiary/aromatic N) is 1. The smallest absolute Gasteiger partial charge is 0.390 e. The molecule has 1 atom stereocenters. The molecule has 2 nitrogen and oxygen atoms in total. The van der Waals surface area contributed by atoms with E-state index >= 15 is 0 Å². The van der Waals surface area contributed by atoms with Gasteiger partial charge >= 0.3 is 6.18 Å². The Labute approximate surface area is 141 Å². The Hall–Kier alpha value is -1.33. The molecule has 1 saturated carbocycles. The number of halogens is 3. The van der Waals surface area contributed by atoms with Gasteiger partial charge in [-0.05, 0) is 18.9 Å². The molecule has 3 rings (SSSR count). The Morgan fingerprint density at radius 3 is 2.42 bits per heavy atom. The number of aliphatic hydroxyl groups is 1. The molecule has 1 aromatic rings. The van der Waals surface area contributed by atoms with Crippen LogP contribution >= 0.6 is 0 Å². The molecule has 1 aliphatic heterocycles. The Bertz CT molecular complexity index is 603. The molecule has 2 aliphatic rings. The van der Waals surface area contributed by atoms with E-state index < -0.39 is 11.7 Å². The van der Waals surface area contributed by atoms with Gasteiger partial charge in [-0.25, -0.2) is 0 Å². The molecule has 5 heteroatoms. The van der Waals surface area contributed by atoms with Crippen molar-refractivity contribution in [2.45, 2.75) is 44.7 Å². The zero-order valence-corrected chi connectivity index (χ0v) is 13.9. The van der Waals surface area contributed by atoms with Gasteiger partial charge in [0, 0.05) is 18.1 Å². The molecule has 1 unspecified atom stereocenters. The lowest BCUT2D eigenvalue weighted by Crippen LogP contribution is -2.48. The molecule has 0 spiro atoms. The molecule has 0 saturated heterocycles. The van der Waals surface area contributed by atoms with Gasteiger partial charge in [0.15, 0.2) is 0 Å². The van der Waals surface area contributed by atoms with Crippen LogP contribution in [-0.2, 0) is 6.18 Å². The average molecular weight is 340 g/mol. The Morgan fingerprint density at radius 1 is 1.08 bits per heavy atom. The first-order valence-corrected chi connectivity index (χ1v) is 8.84. The van der Waals surface area contributed by atoms with E-state index in [9.17, 15) is 18.3 Å². The highest BCUT2D eigenvalue weighted by atomic mass is 19.4. The summed E-state index contributed by atoms with van der Waals surface area (Å²) in [6, 6.07) is 4.43. The minimum Gasteiger partial charge on any atom is -0.390 e. The SMILES string of the molecule is OCC[N+]1(CC2CCCCCC2)C=Cc2c(C(F)(F)F)cccc21. The molecule has 132 valence electrons. The van der Waals surface area contributed by atoms with Gasteiger partial charge in [-0.3, -0.25) is 4.48 Å². The van der Waals surface area contributed by atoms with Gasteiger partial charge in [0.05, 0.1) is 24.3 Å². The number of rotatable bonds is 4. The first kappa shape index (κ1) is 17.5. The summed E-state index contributed by atoms with van der Waals surface area (Å²) in [6.07, 6.45) is 6.28. The summed E-state index contributed by atoms with van der Waals surface area (Å²) in [5.41, 5.74) is 0.380. The monoisotopic (exact) mass is 340 g/mol. The van der Waals surface area contributed by atoms with Crippen molar-refractivity contribution in [1.29, 1.82) is 0 Å². The van der Waals surface area contributed by atoms with Crippen LogP contribution in [0.1, 0.15) is 49.7 Å². The molecule has 1 aromatic carbocycles. The van der Waals surface area contributed by atoms with Crippen LogP contribution in [0, 0.1) is 5.92 Å². The van der Waals surface area contributed by atoms with Gasteiger partial charge in [-0.2, -0.15) is 13.2 Å². The Morgan fingerprint density at radius 2 is 1.79 bits per heavy atom. The highest BCUT2D eigenvalue weighted by Crippen LogP contribution is 2.44. The van der Waals surface area contributed by atoms with E-state index in [1.54, 1.807) is 12.1 Å². The summed E-state index contributed by atoms with van der Waals surface area (Å²) in [7, 11) is 0. The average Bonchev–Trinajstić information content (AvgIpc) is 2.71. The summed E-state index contributed by atoms with van der Waals surface area (Å²) >= 11 is 0. The van der Waals surface area contributed by atoms with Gasteiger partial charge in [0.25, 0.3) is 0 Å². The second-order valence-corrected chi connectivity index (χ2v) is 7.07. The first-order chi connectivity index (χ1) is 11.5. The largest absolute Gasteiger partial charge is 0.417 e. The van der Waals surface area contributed by atoms with Crippen LogP contribution in [0.4, 0.5) is 18.9 Å². The maximum absolute atomic E-state index is 13.3. The summed E-state index contributed by atoms with van der Waals surface area (Å²) in [6.45, 7) is 1.18. The quantitative estimate of drug-likeness (QED) is 0.607. The van der Waals surface area contributed by atoms with Crippen molar-refractivity contribution >= 4 is 11.8 Å². The van der Waals surface area contributed by atoms with Crippen LogP contribution in [0.25, 0.3) is 6.08 Å². The fraction of sp³-hybridized carbons (Fsp3) is 0.579. The number of quaternary nitrogens is 1. The second-order valence-electron chi connectivity index (χ2n) is 7.07. The van der Waals surface area contributed by atoms with Crippen LogP contribution in [-0.4, -0.2) is 24.8 Å². The van der Waals surface area contributed by atoms with Crippen LogP contribution in [0.15, 0.2) is 24.4 Å². The fourth-order valence-corrected chi connectivity index (χ4v) is 4.29. The van der Waals surface area contributed by atoms with Crippen LogP contribution in [0.2, 0.25) is 0 Å². The van der Waals surface area contributed by atoms with E-state index in [4.69, 9.17) is 0 Å². The van der Waals surface area contributed by atoms with Gasteiger partial charge in [0.2, 0.25) is 0 Å². The first-order valence-electron chi connectivity index (χ1n) is 8.84. The zero-order valence-electron chi connectivity index (χ0n) is 13.9. The lowest BCUT2D eigenvalue weighted by Gasteiger charge is -2.35. The van der Waals surface area contributed by atoms with E-state index in [1.807, 2.05) is 6.20 Å². The molecular weight excluding hydrogens is 315 g/mol. The van der Waals surface area contributed by atoms with E-state index in [-0.39, 0.29) is 12.2 Å². The molecule has 1 heterocycles. The third kappa shape index (κ3) is 3.38. The minimum absolute atomic E-state index is 0.0350. The number of hydrogen-bond acceptors (Lipinski definition) is 1. The van der Waals surface area contributed by atoms with Gasteiger partial charge in [0.1, 0.15) is 18.4 Å². The molecule has 0 radical (unpaired) electrons. The van der Waals surface area contributed by atoms with E-state index in [0.29, 0.717) is 22.6 Å². The molecule has 0 bridgehead atoms. The standard InChI is InChI=1S/C19H25F3NO/c20-19(21,22)17-8-5-9-18-16(17)10-11-23(18,12-13-24)14-15-6-3-1-2-4-7-15/h5,8-11,15,24H,1-4,6-7,12-14H2/q+1. The van der Waals surface area contributed by atoms with Gasteiger partial charge < -0.3 is 5.11 Å². The van der Waals surface area contributed by atoms with Crippen LogP contribution in [0.3, 0.4) is 0 Å².